The molecule has 1 aromatic carbocycles. The van der Waals surface area contributed by atoms with Crippen molar-refractivity contribution in [2.45, 2.75) is 77.8 Å². The minimum absolute atomic E-state index is 0.176. The molecule has 0 saturated heterocycles. The van der Waals surface area contributed by atoms with E-state index in [4.69, 9.17) is 19.9 Å². The van der Waals surface area contributed by atoms with Gasteiger partial charge in [0.2, 0.25) is 0 Å². The Hall–Kier alpha value is -2.68. The first-order valence-electron chi connectivity index (χ1n) is 12.5. The number of allylic oxidation sites excluding steroid dienone is 1. The average Bonchev–Trinajstić information content (AvgIpc) is 2.82. The highest BCUT2D eigenvalue weighted by Crippen LogP contribution is 2.26. The Balaban J connectivity index is 2.43. The minimum atomic E-state index is -0.905. The van der Waals surface area contributed by atoms with Crippen LogP contribution >= 0.6 is 0 Å². The maximum atomic E-state index is 12.7. The molecule has 0 spiro atoms. The summed E-state index contributed by atoms with van der Waals surface area (Å²) < 4.78 is 16.8. The molecule has 0 fully saturated rings. The third-order valence-electron chi connectivity index (χ3n) is 6.74. The number of nitrogens with one attached hydrogen (secondary N) is 1. The largest absolute Gasteiger partial charge is 0.439 e. The fraction of sp³-hybridized carbons (Fsp3) is 0.571. The first-order valence-corrected chi connectivity index (χ1v) is 12.5. The number of carbonyl (C=O) groups excluding carboxylic acids is 2. The molecule has 0 radical (unpaired) electrons. The van der Waals surface area contributed by atoms with Crippen LogP contribution in [0.1, 0.15) is 52.5 Å². The number of benzene rings is 1. The second-order valence-electron chi connectivity index (χ2n) is 9.83. The molecule has 2 amide bonds. The van der Waals surface area contributed by atoms with E-state index in [2.05, 4.69) is 12.2 Å². The van der Waals surface area contributed by atoms with Crippen molar-refractivity contribution in [2.24, 2.45) is 17.6 Å². The van der Waals surface area contributed by atoms with Gasteiger partial charge in [-0.1, -0.05) is 38.1 Å². The SMILES string of the molecule is CO[C@H]1CC/C=C(\C)C(=O)Nc2cccc(c2)C[C@@H](C)C[C@H](OC)[C@@H](O)C(C)/C=C(\C)[C@@H]1OC(N)=O. The summed E-state index contributed by atoms with van der Waals surface area (Å²) >= 11 is 0. The summed E-state index contributed by atoms with van der Waals surface area (Å²) in [6.07, 6.45) is 2.91. The number of methoxy groups -OCH3 is 2. The van der Waals surface area contributed by atoms with E-state index in [1.807, 2.05) is 50.3 Å². The Morgan fingerprint density at radius 1 is 1.14 bits per heavy atom. The van der Waals surface area contributed by atoms with E-state index in [0.717, 1.165) is 23.2 Å². The van der Waals surface area contributed by atoms with Gasteiger partial charge in [-0.15, -0.1) is 0 Å². The lowest BCUT2D eigenvalue weighted by atomic mass is 9.88. The predicted octanol–water partition coefficient (Wildman–Crippen LogP) is 4.37. The molecule has 2 rings (SSSR count). The molecule has 0 aromatic heterocycles. The predicted molar refractivity (Wildman–Crippen MR) is 141 cm³/mol. The number of hydrogen-bond donors (Lipinski definition) is 3. The second kappa shape index (κ2) is 14.2. The standard InChI is InChI=1S/C28H42N2O6/c1-17-13-21-10-8-11-22(16-21)30-27(32)18(2)9-7-12-23(34-5)26(36-28(29)33)20(4)15-19(3)25(31)24(14-17)35-6/h8-11,15-17,19,23-26,31H,7,12-14H2,1-6H3,(H2,29,33)(H,30,32)/b18-9+,20-15+/t17-,19?,23+,24+,25+,26+/m1/s1. The van der Waals surface area contributed by atoms with E-state index in [9.17, 15) is 14.7 Å². The Morgan fingerprint density at radius 2 is 1.83 bits per heavy atom. The van der Waals surface area contributed by atoms with Gasteiger partial charge >= 0.3 is 6.09 Å². The molecule has 0 saturated carbocycles. The van der Waals surface area contributed by atoms with Crippen LogP contribution in [0.25, 0.3) is 0 Å². The molecule has 2 bridgehead atoms. The van der Waals surface area contributed by atoms with Crippen LogP contribution in [0, 0.1) is 11.8 Å². The number of ether oxygens (including phenoxy) is 3. The molecule has 4 N–H and O–H groups in total. The number of carbonyl (C=O) groups is 2. The smallest absolute Gasteiger partial charge is 0.405 e. The third-order valence-corrected chi connectivity index (χ3v) is 6.74. The molecule has 6 atom stereocenters. The zero-order valence-corrected chi connectivity index (χ0v) is 22.3. The number of hydrogen-bond acceptors (Lipinski definition) is 6. The number of aliphatic hydroxyl groups is 1. The van der Waals surface area contributed by atoms with Crippen LogP contribution in [0.4, 0.5) is 10.5 Å². The van der Waals surface area contributed by atoms with Crippen molar-refractivity contribution in [3.8, 4) is 0 Å². The van der Waals surface area contributed by atoms with E-state index in [1.54, 1.807) is 21.1 Å². The van der Waals surface area contributed by atoms with E-state index >= 15 is 0 Å². The van der Waals surface area contributed by atoms with Crippen molar-refractivity contribution >= 4 is 17.7 Å². The van der Waals surface area contributed by atoms with Crippen molar-refractivity contribution in [1.82, 2.24) is 0 Å². The maximum absolute atomic E-state index is 12.7. The van der Waals surface area contributed by atoms with Crippen molar-refractivity contribution in [3.05, 3.63) is 53.1 Å². The number of rotatable bonds is 3. The average molecular weight is 503 g/mol. The van der Waals surface area contributed by atoms with Gasteiger partial charge in [0.25, 0.3) is 5.91 Å². The van der Waals surface area contributed by atoms with Crippen LogP contribution in [-0.2, 0) is 25.4 Å². The van der Waals surface area contributed by atoms with Gasteiger partial charge in [-0.3, -0.25) is 4.79 Å². The maximum Gasteiger partial charge on any atom is 0.405 e. The number of nitrogens with two attached hydrogens (primary N) is 1. The van der Waals surface area contributed by atoms with Crippen molar-refractivity contribution in [2.75, 3.05) is 19.5 Å². The first-order chi connectivity index (χ1) is 17.0. The molecule has 0 aliphatic carbocycles. The number of fused-ring (bicyclic) bond motifs is 2. The van der Waals surface area contributed by atoms with Gasteiger partial charge in [0, 0.05) is 31.4 Å². The zero-order chi connectivity index (χ0) is 26.8. The third kappa shape index (κ3) is 8.76. The van der Waals surface area contributed by atoms with Crippen LogP contribution in [0.2, 0.25) is 0 Å². The molecule has 1 aliphatic rings. The van der Waals surface area contributed by atoms with Crippen LogP contribution in [0.3, 0.4) is 0 Å². The minimum Gasteiger partial charge on any atom is -0.439 e. The van der Waals surface area contributed by atoms with Gasteiger partial charge in [-0.25, -0.2) is 4.79 Å². The second-order valence-corrected chi connectivity index (χ2v) is 9.83. The molecular weight excluding hydrogens is 460 g/mol. The van der Waals surface area contributed by atoms with Crippen LogP contribution in [-0.4, -0.2) is 55.7 Å². The molecule has 36 heavy (non-hydrogen) atoms. The Bertz CT molecular complexity index is 944. The van der Waals surface area contributed by atoms with Crippen molar-refractivity contribution < 1.29 is 28.9 Å². The van der Waals surface area contributed by atoms with Gasteiger partial charge in [-0.05, 0) is 68.7 Å². The topological polar surface area (TPSA) is 120 Å². The fourth-order valence-corrected chi connectivity index (χ4v) is 4.75. The summed E-state index contributed by atoms with van der Waals surface area (Å²) in [5.41, 5.74) is 8.50. The van der Waals surface area contributed by atoms with Crippen LogP contribution in [0.5, 0.6) is 0 Å². The van der Waals surface area contributed by atoms with E-state index in [1.165, 1.54) is 0 Å². The molecule has 200 valence electrons. The monoisotopic (exact) mass is 502 g/mol. The molecule has 1 aliphatic heterocycles. The number of primary amides is 1. The summed E-state index contributed by atoms with van der Waals surface area (Å²) in [5, 5.41) is 14.1. The summed E-state index contributed by atoms with van der Waals surface area (Å²) in [6, 6.07) is 7.82. The quantitative estimate of drug-likeness (QED) is 0.528. The number of amides is 2. The lowest BCUT2D eigenvalue weighted by molar-refractivity contribution is -0.112. The van der Waals surface area contributed by atoms with Crippen LogP contribution < -0.4 is 11.1 Å². The Kier molecular flexibility index (Phi) is 11.6. The van der Waals surface area contributed by atoms with Crippen LogP contribution in [0.15, 0.2) is 47.6 Å². The zero-order valence-electron chi connectivity index (χ0n) is 22.3. The number of aliphatic hydroxyl groups excluding tert-OH is 1. The van der Waals surface area contributed by atoms with Crippen molar-refractivity contribution in [1.29, 1.82) is 0 Å². The van der Waals surface area contributed by atoms with Gasteiger partial charge < -0.3 is 30.4 Å². The fourth-order valence-electron chi connectivity index (χ4n) is 4.75. The normalized spacial score (nSPS) is 31.9. The molecule has 8 heteroatoms. The summed E-state index contributed by atoms with van der Waals surface area (Å²) in [4.78, 5) is 24.4. The van der Waals surface area contributed by atoms with Gasteiger partial charge in [0.15, 0.2) is 6.10 Å². The highest BCUT2D eigenvalue weighted by molar-refractivity contribution is 6.03. The molecule has 1 heterocycles. The van der Waals surface area contributed by atoms with Crippen molar-refractivity contribution in [3.63, 3.8) is 0 Å². The number of anilines is 1. The molecular formula is C28H42N2O6. The first kappa shape index (κ1) is 29.5. The van der Waals surface area contributed by atoms with E-state index < -0.39 is 24.4 Å². The van der Waals surface area contributed by atoms with E-state index in [0.29, 0.717) is 24.8 Å². The van der Waals surface area contributed by atoms with Gasteiger partial charge in [0.1, 0.15) is 0 Å². The Morgan fingerprint density at radius 3 is 2.47 bits per heavy atom. The molecule has 1 unspecified atom stereocenters. The van der Waals surface area contributed by atoms with Gasteiger partial charge in [0.05, 0.1) is 18.3 Å². The highest BCUT2D eigenvalue weighted by atomic mass is 16.6. The lowest BCUT2D eigenvalue weighted by Crippen LogP contribution is -2.37. The molecule has 8 nitrogen and oxygen atoms in total. The summed E-state index contributed by atoms with van der Waals surface area (Å²) in [6.45, 7) is 7.62. The lowest BCUT2D eigenvalue weighted by Gasteiger charge is -2.30. The Labute approximate surface area is 214 Å². The summed E-state index contributed by atoms with van der Waals surface area (Å²) in [7, 11) is 3.15. The van der Waals surface area contributed by atoms with Gasteiger partial charge in [-0.2, -0.15) is 0 Å². The summed E-state index contributed by atoms with van der Waals surface area (Å²) in [5.74, 6) is -0.224. The highest BCUT2D eigenvalue weighted by Gasteiger charge is 2.29. The van der Waals surface area contributed by atoms with E-state index in [-0.39, 0.29) is 23.8 Å². The molecule has 1 aromatic rings.